The van der Waals surface area contributed by atoms with Gasteiger partial charge in [0.2, 0.25) is 0 Å². The third-order valence-corrected chi connectivity index (χ3v) is 6.52. The summed E-state index contributed by atoms with van der Waals surface area (Å²) in [6, 6.07) is 5.65. The van der Waals surface area contributed by atoms with Crippen LogP contribution in [0.3, 0.4) is 0 Å². The van der Waals surface area contributed by atoms with Crippen molar-refractivity contribution in [2.24, 2.45) is 17.8 Å². The molecule has 0 aromatic heterocycles. The Balaban J connectivity index is 1.36. The molecule has 5 heteroatoms. The summed E-state index contributed by atoms with van der Waals surface area (Å²) in [6.45, 7) is 3.12. The van der Waals surface area contributed by atoms with Crippen molar-refractivity contribution in [2.45, 2.75) is 77.2 Å². The van der Waals surface area contributed by atoms with Crippen molar-refractivity contribution in [3.63, 3.8) is 0 Å². The van der Waals surface area contributed by atoms with E-state index in [-0.39, 0.29) is 29.3 Å². The van der Waals surface area contributed by atoms with Gasteiger partial charge in [0.15, 0.2) is 0 Å². The molecular formula is C24H32FNO3. The number of hydrogen-bond donors (Lipinski definition) is 0. The summed E-state index contributed by atoms with van der Waals surface area (Å²) in [6.07, 6.45) is 11.4. The average molecular weight is 402 g/mol. The quantitative estimate of drug-likeness (QED) is 0.429. The van der Waals surface area contributed by atoms with E-state index in [1.807, 2.05) is 0 Å². The number of rotatable bonds is 7. The Bertz CT molecular complexity index is 713. The molecule has 0 heterocycles. The van der Waals surface area contributed by atoms with Gasteiger partial charge in [-0.3, -0.25) is 4.79 Å². The van der Waals surface area contributed by atoms with Gasteiger partial charge in [0, 0.05) is 12.7 Å². The summed E-state index contributed by atoms with van der Waals surface area (Å²) in [7, 11) is 0. The molecule has 0 spiro atoms. The van der Waals surface area contributed by atoms with Crippen molar-refractivity contribution in [3.05, 3.63) is 29.6 Å². The predicted octanol–water partition coefficient (Wildman–Crippen LogP) is 5.78. The number of hydrogen-bond acceptors (Lipinski definition) is 4. The minimum atomic E-state index is -0.668. The van der Waals surface area contributed by atoms with Crippen molar-refractivity contribution >= 4 is 5.97 Å². The zero-order valence-electron chi connectivity index (χ0n) is 17.4. The molecule has 0 radical (unpaired) electrons. The van der Waals surface area contributed by atoms with Crippen LogP contribution in [0.2, 0.25) is 0 Å². The van der Waals surface area contributed by atoms with Crippen LogP contribution < -0.4 is 4.74 Å². The van der Waals surface area contributed by atoms with E-state index in [9.17, 15) is 9.18 Å². The van der Waals surface area contributed by atoms with Crippen LogP contribution in [-0.2, 0) is 9.53 Å². The normalized spacial score (nSPS) is 27.2. The Kier molecular flexibility index (Phi) is 8.06. The van der Waals surface area contributed by atoms with E-state index in [0.29, 0.717) is 5.92 Å². The van der Waals surface area contributed by atoms with E-state index in [2.05, 4.69) is 6.92 Å². The van der Waals surface area contributed by atoms with Crippen LogP contribution in [0.25, 0.3) is 0 Å². The second-order valence-corrected chi connectivity index (χ2v) is 8.66. The predicted molar refractivity (Wildman–Crippen MR) is 109 cm³/mol. The Morgan fingerprint density at radius 2 is 1.79 bits per heavy atom. The highest BCUT2D eigenvalue weighted by atomic mass is 19.1. The zero-order chi connectivity index (χ0) is 20.6. The second-order valence-electron chi connectivity index (χ2n) is 8.66. The lowest BCUT2D eigenvalue weighted by atomic mass is 9.80. The standard InChI is InChI=1S/C24H32FNO3/c1-2-3-17-4-6-18(7-5-17)16-28-21-11-8-19(9-12-21)24(27)29-22-13-10-20(15-26)23(25)14-22/h10,13-14,17-19,21H,2-9,11-12,16H2,1H3/t17-,18-,19-,21-. The van der Waals surface area contributed by atoms with Gasteiger partial charge in [-0.1, -0.05) is 32.6 Å². The lowest BCUT2D eigenvalue weighted by Gasteiger charge is -2.31. The number of ether oxygens (including phenoxy) is 2. The molecule has 3 rings (SSSR count). The third-order valence-electron chi connectivity index (χ3n) is 6.52. The van der Waals surface area contributed by atoms with Crippen molar-refractivity contribution in [1.29, 1.82) is 5.26 Å². The molecule has 158 valence electrons. The average Bonchev–Trinajstić information content (AvgIpc) is 2.74. The smallest absolute Gasteiger partial charge is 0.314 e. The SMILES string of the molecule is CCC[C@H]1CC[C@H](CO[C@H]2CC[C@H](C(=O)Oc3ccc(C#N)c(F)c3)CC2)CC1. The van der Waals surface area contributed by atoms with E-state index in [1.54, 1.807) is 6.07 Å². The number of nitrogens with zero attached hydrogens (tertiary/aromatic N) is 1. The van der Waals surface area contributed by atoms with E-state index in [4.69, 9.17) is 14.7 Å². The maximum atomic E-state index is 13.7. The Labute approximate surface area is 173 Å². The molecule has 1 aromatic carbocycles. The fourth-order valence-corrected chi connectivity index (χ4v) is 4.68. The van der Waals surface area contributed by atoms with E-state index in [1.165, 1.54) is 50.7 Å². The summed E-state index contributed by atoms with van der Waals surface area (Å²) < 4.78 is 25.2. The summed E-state index contributed by atoms with van der Waals surface area (Å²) in [5, 5.41) is 8.77. The highest BCUT2D eigenvalue weighted by molar-refractivity contribution is 5.75. The Morgan fingerprint density at radius 1 is 1.10 bits per heavy atom. The van der Waals surface area contributed by atoms with Crippen LogP contribution in [0.5, 0.6) is 5.75 Å². The topological polar surface area (TPSA) is 59.3 Å². The van der Waals surface area contributed by atoms with Crippen LogP contribution >= 0.6 is 0 Å². The lowest BCUT2D eigenvalue weighted by molar-refractivity contribution is -0.141. The fourth-order valence-electron chi connectivity index (χ4n) is 4.68. The highest BCUT2D eigenvalue weighted by Gasteiger charge is 2.29. The van der Waals surface area contributed by atoms with Gasteiger partial charge in [0.25, 0.3) is 0 Å². The Hall–Kier alpha value is -1.93. The molecule has 0 N–H and O–H groups in total. The van der Waals surface area contributed by atoms with Gasteiger partial charge < -0.3 is 9.47 Å². The van der Waals surface area contributed by atoms with E-state index < -0.39 is 5.82 Å². The number of esters is 1. The largest absolute Gasteiger partial charge is 0.426 e. The monoisotopic (exact) mass is 401 g/mol. The molecule has 2 saturated carbocycles. The molecule has 2 aliphatic rings. The summed E-state index contributed by atoms with van der Waals surface area (Å²) in [5.74, 6) is 0.612. The van der Waals surface area contributed by atoms with Crippen molar-refractivity contribution in [2.75, 3.05) is 6.61 Å². The molecule has 1 aromatic rings. The van der Waals surface area contributed by atoms with Crippen molar-refractivity contribution in [3.8, 4) is 11.8 Å². The van der Waals surface area contributed by atoms with Crippen molar-refractivity contribution < 1.29 is 18.7 Å². The summed E-state index contributed by atoms with van der Waals surface area (Å²) in [4.78, 5) is 12.4. The van der Waals surface area contributed by atoms with Crippen LogP contribution in [0, 0.1) is 34.9 Å². The van der Waals surface area contributed by atoms with Gasteiger partial charge in [0.1, 0.15) is 17.6 Å². The minimum Gasteiger partial charge on any atom is -0.426 e. The number of benzene rings is 1. The third kappa shape index (κ3) is 6.27. The van der Waals surface area contributed by atoms with E-state index >= 15 is 0 Å². The number of carbonyl (C=O) groups excluding carboxylic acids is 1. The number of nitriles is 1. The van der Waals surface area contributed by atoms with Crippen LogP contribution in [-0.4, -0.2) is 18.7 Å². The zero-order valence-corrected chi connectivity index (χ0v) is 17.4. The molecule has 4 nitrogen and oxygen atoms in total. The maximum Gasteiger partial charge on any atom is 0.314 e. The first-order chi connectivity index (χ1) is 14.1. The maximum absolute atomic E-state index is 13.7. The molecular weight excluding hydrogens is 369 g/mol. The first-order valence-electron chi connectivity index (χ1n) is 11.1. The molecule has 2 aliphatic carbocycles. The fraction of sp³-hybridized carbons (Fsp3) is 0.667. The molecule has 29 heavy (non-hydrogen) atoms. The van der Waals surface area contributed by atoms with Crippen LogP contribution in [0.1, 0.15) is 76.7 Å². The van der Waals surface area contributed by atoms with Gasteiger partial charge >= 0.3 is 5.97 Å². The molecule has 0 amide bonds. The van der Waals surface area contributed by atoms with Gasteiger partial charge in [-0.25, -0.2) is 4.39 Å². The van der Waals surface area contributed by atoms with Crippen LogP contribution in [0.4, 0.5) is 4.39 Å². The van der Waals surface area contributed by atoms with Gasteiger partial charge in [0.05, 0.1) is 17.6 Å². The molecule has 2 fully saturated rings. The second kappa shape index (κ2) is 10.7. The van der Waals surface area contributed by atoms with E-state index in [0.717, 1.165) is 44.3 Å². The molecule has 0 bridgehead atoms. The van der Waals surface area contributed by atoms with Crippen LogP contribution in [0.15, 0.2) is 18.2 Å². The number of halogens is 1. The van der Waals surface area contributed by atoms with Gasteiger partial charge in [-0.15, -0.1) is 0 Å². The van der Waals surface area contributed by atoms with Crippen molar-refractivity contribution in [1.82, 2.24) is 0 Å². The molecule has 0 saturated heterocycles. The minimum absolute atomic E-state index is 0.0543. The first kappa shape index (κ1) is 21.8. The van der Waals surface area contributed by atoms with Gasteiger partial charge in [-0.2, -0.15) is 5.26 Å². The first-order valence-corrected chi connectivity index (χ1v) is 11.1. The molecule has 0 aliphatic heterocycles. The highest BCUT2D eigenvalue weighted by Crippen LogP contribution is 2.33. The molecule has 0 unspecified atom stereocenters. The number of carbonyl (C=O) groups is 1. The Morgan fingerprint density at radius 3 is 2.41 bits per heavy atom. The molecule has 0 atom stereocenters. The summed E-state index contributed by atoms with van der Waals surface area (Å²) >= 11 is 0. The lowest BCUT2D eigenvalue weighted by Crippen LogP contribution is -2.30. The summed E-state index contributed by atoms with van der Waals surface area (Å²) in [5.41, 5.74) is -0.0543. The van der Waals surface area contributed by atoms with Gasteiger partial charge in [-0.05, 0) is 62.5 Å².